The van der Waals surface area contributed by atoms with Crippen molar-refractivity contribution in [3.8, 4) is 0 Å². The van der Waals surface area contributed by atoms with Crippen molar-refractivity contribution in [2.75, 3.05) is 13.7 Å². The Hall–Kier alpha value is -2.76. The maximum absolute atomic E-state index is 12.2. The number of methoxy groups -OCH3 is 1. The van der Waals surface area contributed by atoms with Gasteiger partial charge in [-0.3, -0.25) is 4.90 Å². The molecule has 6 heteroatoms. The van der Waals surface area contributed by atoms with Crippen LogP contribution in [0.1, 0.15) is 11.3 Å². The molecule has 1 N–H and O–H groups in total. The first-order valence-electron chi connectivity index (χ1n) is 7.36. The second-order valence-corrected chi connectivity index (χ2v) is 5.36. The zero-order valence-electron chi connectivity index (χ0n) is 12.9. The summed E-state index contributed by atoms with van der Waals surface area (Å²) < 4.78 is 9.95. The molecule has 0 unspecified atom stereocenters. The zero-order valence-corrected chi connectivity index (χ0v) is 12.9. The van der Waals surface area contributed by atoms with E-state index in [0.29, 0.717) is 6.42 Å². The van der Waals surface area contributed by atoms with Gasteiger partial charge >= 0.3 is 12.1 Å². The molecule has 0 aliphatic carbocycles. The number of benzene rings is 1. The number of nitrogens with zero attached hydrogens (tertiary/aromatic N) is 1. The summed E-state index contributed by atoms with van der Waals surface area (Å²) in [4.78, 5) is 29.1. The number of esters is 1. The van der Waals surface area contributed by atoms with Crippen molar-refractivity contribution in [2.45, 2.75) is 19.0 Å². The highest BCUT2D eigenvalue weighted by Crippen LogP contribution is 2.30. The number of aromatic nitrogens is 1. The minimum Gasteiger partial charge on any atom is -0.467 e. The predicted molar refractivity (Wildman–Crippen MR) is 84.9 cm³/mol. The third-order valence-corrected chi connectivity index (χ3v) is 4.04. The number of carbonyl (C=O) groups is 2. The highest BCUT2D eigenvalue weighted by Gasteiger charge is 2.37. The van der Waals surface area contributed by atoms with Crippen LogP contribution in [0.2, 0.25) is 0 Å². The number of hydrogen-bond donors (Lipinski definition) is 1. The lowest BCUT2D eigenvalue weighted by Crippen LogP contribution is -2.49. The lowest BCUT2D eigenvalue weighted by Gasteiger charge is -2.32. The van der Waals surface area contributed by atoms with E-state index in [1.807, 2.05) is 24.3 Å². The molecule has 0 spiro atoms. The van der Waals surface area contributed by atoms with Gasteiger partial charge in [0.25, 0.3) is 0 Å². The van der Waals surface area contributed by atoms with E-state index in [1.54, 1.807) is 0 Å². The number of H-pyrrole nitrogens is 1. The van der Waals surface area contributed by atoms with Crippen molar-refractivity contribution in [2.24, 2.45) is 0 Å². The van der Waals surface area contributed by atoms with Crippen molar-refractivity contribution in [1.29, 1.82) is 0 Å². The Bertz CT molecular complexity index is 765. The number of aromatic amines is 1. The smallest absolute Gasteiger partial charge is 0.411 e. The summed E-state index contributed by atoms with van der Waals surface area (Å²) in [6.07, 6.45) is 1.34. The molecule has 0 saturated carbocycles. The van der Waals surface area contributed by atoms with E-state index in [1.165, 1.54) is 18.1 Å². The van der Waals surface area contributed by atoms with Gasteiger partial charge < -0.3 is 14.5 Å². The first kappa shape index (κ1) is 15.1. The molecule has 1 amide bonds. The topological polar surface area (TPSA) is 71.6 Å². The monoisotopic (exact) mass is 314 g/mol. The molecule has 1 aromatic carbocycles. The lowest BCUT2D eigenvalue weighted by molar-refractivity contribution is -0.146. The van der Waals surface area contributed by atoms with Crippen LogP contribution in [0.3, 0.4) is 0 Å². The summed E-state index contributed by atoms with van der Waals surface area (Å²) >= 11 is 0. The van der Waals surface area contributed by atoms with Gasteiger partial charge in [0.1, 0.15) is 12.6 Å². The van der Waals surface area contributed by atoms with Gasteiger partial charge in [-0.1, -0.05) is 30.9 Å². The fourth-order valence-corrected chi connectivity index (χ4v) is 2.96. The quantitative estimate of drug-likeness (QED) is 0.697. The van der Waals surface area contributed by atoms with E-state index in [-0.39, 0.29) is 13.2 Å². The van der Waals surface area contributed by atoms with Gasteiger partial charge in [-0.25, -0.2) is 9.59 Å². The Balaban J connectivity index is 1.98. The number of rotatable bonds is 3. The molecular formula is C17H18N2O4. The van der Waals surface area contributed by atoms with Gasteiger partial charge in [-0.05, 0) is 11.6 Å². The van der Waals surface area contributed by atoms with Crippen LogP contribution in [0.5, 0.6) is 0 Å². The largest absolute Gasteiger partial charge is 0.467 e. The Labute approximate surface area is 133 Å². The van der Waals surface area contributed by atoms with Crippen molar-refractivity contribution < 1.29 is 19.1 Å². The van der Waals surface area contributed by atoms with Crippen LogP contribution in [0, 0.1) is 0 Å². The normalized spacial score (nSPS) is 16.7. The van der Waals surface area contributed by atoms with Gasteiger partial charge in [0, 0.05) is 23.0 Å². The van der Waals surface area contributed by atoms with Gasteiger partial charge in [-0.15, -0.1) is 0 Å². The van der Waals surface area contributed by atoms with Gasteiger partial charge in [0.15, 0.2) is 0 Å². The summed E-state index contributed by atoms with van der Waals surface area (Å²) in [6, 6.07) is 7.18. The number of ether oxygens (including phenoxy) is 2. The lowest BCUT2D eigenvalue weighted by atomic mass is 9.97. The molecule has 1 aromatic heterocycles. The minimum absolute atomic E-state index is 0.1000. The number of nitrogens with one attached hydrogen (secondary N) is 1. The number of carbonyl (C=O) groups excluding carboxylic acids is 2. The van der Waals surface area contributed by atoms with Crippen molar-refractivity contribution in [1.82, 2.24) is 9.88 Å². The molecule has 2 heterocycles. The summed E-state index contributed by atoms with van der Waals surface area (Å²) in [7, 11) is 1.32. The fourth-order valence-electron chi connectivity index (χ4n) is 2.96. The molecule has 120 valence electrons. The fraction of sp³-hybridized carbons (Fsp3) is 0.294. The van der Waals surface area contributed by atoms with Crippen molar-refractivity contribution >= 4 is 23.0 Å². The van der Waals surface area contributed by atoms with Gasteiger partial charge in [-0.2, -0.15) is 0 Å². The molecule has 2 aromatic rings. The van der Waals surface area contributed by atoms with Gasteiger partial charge in [0.2, 0.25) is 0 Å². The molecule has 1 aliphatic rings. The molecule has 6 nitrogen and oxygen atoms in total. The molecule has 0 fully saturated rings. The molecular weight excluding hydrogens is 296 g/mol. The van der Waals surface area contributed by atoms with E-state index < -0.39 is 18.1 Å². The Morgan fingerprint density at radius 2 is 2.22 bits per heavy atom. The standard InChI is InChI=1S/C17H18N2O4/c1-3-8-23-17(21)19-10-14-12(9-15(19)16(20)22-2)11-6-4-5-7-13(11)18-14/h3-7,15,18H,1,8-10H2,2H3/t15-/m0/s1. The average Bonchev–Trinajstić information content (AvgIpc) is 2.95. The maximum Gasteiger partial charge on any atom is 0.411 e. The Morgan fingerprint density at radius 1 is 1.43 bits per heavy atom. The van der Waals surface area contributed by atoms with Crippen LogP contribution >= 0.6 is 0 Å². The number of amides is 1. The Kier molecular flexibility index (Phi) is 4.06. The minimum atomic E-state index is -0.691. The van der Waals surface area contributed by atoms with Gasteiger partial charge in [0.05, 0.1) is 13.7 Å². The third kappa shape index (κ3) is 2.67. The second-order valence-electron chi connectivity index (χ2n) is 5.36. The number of para-hydroxylation sites is 1. The molecule has 1 aliphatic heterocycles. The van der Waals surface area contributed by atoms with Crippen molar-refractivity contribution in [3.05, 3.63) is 48.2 Å². The van der Waals surface area contributed by atoms with Crippen LogP contribution < -0.4 is 0 Å². The maximum atomic E-state index is 12.2. The summed E-state index contributed by atoms with van der Waals surface area (Å²) in [6.45, 7) is 3.90. The average molecular weight is 314 g/mol. The second kappa shape index (κ2) is 6.16. The molecule has 0 bridgehead atoms. The molecule has 0 radical (unpaired) electrons. The molecule has 23 heavy (non-hydrogen) atoms. The first-order chi connectivity index (χ1) is 11.2. The molecule has 0 saturated heterocycles. The molecule has 1 atom stereocenters. The van der Waals surface area contributed by atoms with Crippen LogP contribution in [-0.2, 0) is 27.2 Å². The first-order valence-corrected chi connectivity index (χ1v) is 7.36. The van der Waals surface area contributed by atoms with Crippen molar-refractivity contribution in [3.63, 3.8) is 0 Å². The van der Waals surface area contributed by atoms with Crippen LogP contribution in [0.15, 0.2) is 36.9 Å². The van der Waals surface area contributed by atoms with E-state index in [0.717, 1.165) is 22.2 Å². The Morgan fingerprint density at radius 3 is 2.96 bits per heavy atom. The van der Waals surface area contributed by atoms with Crippen LogP contribution in [0.4, 0.5) is 4.79 Å². The SMILES string of the molecule is C=CCOC(=O)N1Cc2[nH]c3ccccc3c2C[C@H]1C(=O)OC. The number of hydrogen-bond acceptors (Lipinski definition) is 4. The molecule has 3 rings (SSSR count). The summed E-state index contributed by atoms with van der Waals surface area (Å²) in [5.74, 6) is -0.448. The highest BCUT2D eigenvalue weighted by atomic mass is 16.6. The number of fused-ring (bicyclic) bond motifs is 3. The summed E-state index contributed by atoms with van der Waals surface area (Å²) in [5, 5.41) is 1.07. The zero-order chi connectivity index (χ0) is 16.4. The highest BCUT2D eigenvalue weighted by molar-refractivity contribution is 5.88. The summed E-state index contributed by atoms with van der Waals surface area (Å²) in [5.41, 5.74) is 2.95. The van der Waals surface area contributed by atoms with Crippen LogP contribution in [0.25, 0.3) is 10.9 Å². The van der Waals surface area contributed by atoms with Crippen LogP contribution in [-0.4, -0.2) is 41.7 Å². The van der Waals surface area contributed by atoms with E-state index in [4.69, 9.17) is 9.47 Å². The van der Waals surface area contributed by atoms with E-state index >= 15 is 0 Å². The van der Waals surface area contributed by atoms with E-state index in [2.05, 4.69) is 11.6 Å². The third-order valence-electron chi connectivity index (χ3n) is 4.04. The predicted octanol–water partition coefficient (Wildman–Crippen LogP) is 2.39. The van der Waals surface area contributed by atoms with E-state index in [9.17, 15) is 9.59 Å².